The molecule has 0 saturated heterocycles. The summed E-state index contributed by atoms with van der Waals surface area (Å²) < 4.78 is 17.3. The minimum absolute atomic E-state index is 0.0238. The largest absolute Gasteiger partial charge is 0.466 e. The highest BCUT2D eigenvalue weighted by molar-refractivity contribution is 6.03. The Kier molecular flexibility index (Phi) is 5.99. The zero-order valence-corrected chi connectivity index (χ0v) is 17.4. The Morgan fingerprint density at radius 3 is 2.58 bits per heavy atom. The molecule has 3 aromatic rings. The van der Waals surface area contributed by atoms with Gasteiger partial charge in [-0.15, -0.1) is 0 Å². The van der Waals surface area contributed by atoms with Gasteiger partial charge in [0.25, 0.3) is 0 Å². The average molecular weight is 421 g/mol. The van der Waals surface area contributed by atoms with E-state index in [0.29, 0.717) is 5.69 Å². The Labute approximate surface area is 179 Å². The summed E-state index contributed by atoms with van der Waals surface area (Å²) in [4.78, 5) is 30.8. The molecule has 2 heterocycles. The summed E-state index contributed by atoms with van der Waals surface area (Å²) >= 11 is 0. The zero-order chi connectivity index (χ0) is 21.8. The molecule has 1 aromatic heterocycles. The van der Waals surface area contributed by atoms with Crippen LogP contribution in [0.5, 0.6) is 0 Å². The van der Waals surface area contributed by atoms with E-state index in [0.717, 1.165) is 24.0 Å². The summed E-state index contributed by atoms with van der Waals surface area (Å²) in [5.41, 5.74) is 3.92. The van der Waals surface area contributed by atoms with Crippen LogP contribution < -0.4 is 4.90 Å². The Morgan fingerprint density at radius 1 is 1.06 bits per heavy atom. The van der Waals surface area contributed by atoms with Crippen molar-refractivity contribution in [1.29, 1.82) is 0 Å². The maximum absolute atomic E-state index is 12.5. The fourth-order valence-electron chi connectivity index (χ4n) is 3.64. The minimum Gasteiger partial charge on any atom is -0.466 e. The quantitative estimate of drug-likeness (QED) is 0.566. The van der Waals surface area contributed by atoms with Crippen molar-refractivity contribution in [2.24, 2.45) is 0 Å². The molecule has 0 radical (unpaired) electrons. The third kappa shape index (κ3) is 4.15. The summed E-state index contributed by atoms with van der Waals surface area (Å²) in [6.45, 7) is 0.877. The molecule has 0 bridgehead atoms. The highest BCUT2D eigenvalue weighted by Gasteiger charge is 2.32. The topological polar surface area (TPSA) is 82.9 Å². The van der Waals surface area contributed by atoms with Crippen LogP contribution in [-0.2, 0) is 36.8 Å². The highest BCUT2D eigenvalue weighted by Crippen LogP contribution is 2.29. The van der Waals surface area contributed by atoms with Crippen molar-refractivity contribution in [1.82, 2.24) is 9.55 Å². The monoisotopic (exact) mass is 421 g/mol. The van der Waals surface area contributed by atoms with E-state index in [4.69, 9.17) is 14.2 Å². The molecular weight excluding hydrogens is 398 g/mol. The normalized spacial score (nSPS) is 14.1. The lowest BCUT2D eigenvalue weighted by atomic mass is 10.1. The minimum atomic E-state index is -0.628. The number of aryl methyl sites for hydroxylation is 2. The summed E-state index contributed by atoms with van der Waals surface area (Å²) in [6, 6.07) is 16.0. The molecule has 0 atom stereocenters. The van der Waals surface area contributed by atoms with E-state index in [2.05, 4.69) is 21.7 Å². The van der Waals surface area contributed by atoms with Crippen LogP contribution in [0.15, 0.2) is 66.1 Å². The average Bonchev–Trinajstić information content (AvgIpc) is 3.24. The Hall–Kier alpha value is -3.65. The fraction of sp³-hybridized carbons (Fsp3) is 0.261. The van der Waals surface area contributed by atoms with E-state index in [1.807, 2.05) is 36.4 Å². The van der Waals surface area contributed by atoms with Gasteiger partial charge in [0.2, 0.25) is 0 Å². The highest BCUT2D eigenvalue weighted by atomic mass is 16.5. The van der Waals surface area contributed by atoms with Crippen molar-refractivity contribution in [2.75, 3.05) is 32.5 Å². The predicted molar refractivity (Wildman–Crippen MR) is 114 cm³/mol. The van der Waals surface area contributed by atoms with Gasteiger partial charge in [-0.05, 0) is 30.2 Å². The van der Waals surface area contributed by atoms with Crippen LogP contribution in [0, 0.1) is 0 Å². The standard InChI is InChI=1S/C23H23N3O5/c1-29-22(27)18-13-31-15-26(21(18)23(28)30-2)17-8-9-20-19(12-17)24-14-25(20)11-10-16-6-4-3-5-7-16/h3-9,12,14H,10-11,13,15H2,1-2H3. The maximum Gasteiger partial charge on any atom is 0.355 e. The van der Waals surface area contributed by atoms with Crippen molar-refractivity contribution >= 4 is 28.7 Å². The van der Waals surface area contributed by atoms with Gasteiger partial charge in [-0.25, -0.2) is 14.6 Å². The second-order valence-corrected chi connectivity index (χ2v) is 7.06. The number of fused-ring (bicyclic) bond motifs is 1. The first kappa shape index (κ1) is 20.6. The van der Waals surface area contributed by atoms with Gasteiger partial charge in [-0.1, -0.05) is 30.3 Å². The predicted octanol–water partition coefficient (Wildman–Crippen LogP) is 2.67. The molecule has 8 heteroatoms. The smallest absolute Gasteiger partial charge is 0.355 e. The van der Waals surface area contributed by atoms with Crippen molar-refractivity contribution < 1.29 is 23.8 Å². The van der Waals surface area contributed by atoms with Crippen LogP contribution in [0.3, 0.4) is 0 Å². The number of hydrogen-bond donors (Lipinski definition) is 0. The Balaban J connectivity index is 1.64. The van der Waals surface area contributed by atoms with Gasteiger partial charge in [0.1, 0.15) is 12.4 Å². The number of aromatic nitrogens is 2. The number of carbonyl (C=O) groups excluding carboxylic acids is 2. The number of rotatable bonds is 6. The molecule has 0 fully saturated rings. The maximum atomic E-state index is 12.5. The lowest BCUT2D eigenvalue weighted by molar-refractivity contribution is -0.140. The molecular formula is C23H23N3O5. The molecule has 2 aromatic carbocycles. The number of imidazole rings is 1. The Morgan fingerprint density at radius 2 is 1.84 bits per heavy atom. The lowest BCUT2D eigenvalue weighted by Gasteiger charge is -2.31. The first-order chi connectivity index (χ1) is 15.1. The van der Waals surface area contributed by atoms with Gasteiger partial charge >= 0.3 is 11.9 Å². The van der Waals surface area contributed by atoms with Crippen LogP contribution >= 0.6 is 0 Å². The third-order valence-electron chi connectivity index (χ3n) is 5.23. The number of methoxy groups -OCH3 is 2. The zero-order valence-electron chi connectivity index (χ0n) is 17.4. The number of hydrogen-bond acceptors (Lipinski definition) is 7. The number of benzene rings is 2. The number of carbonyl (C=O) groups is 2. The summed E-state index contributed by atoms with van der Waals surface area (Å²) in [5, 5.41) is 0. The van der Waals surface area contributed by atoms with E-state index in [1.54, 1.807) is 11.2 Å². The van der Waals surface area contributed by atoms with E-state index in [1.165, 1.54) is 19.8 Å². The van der Waals surface area contributed by atoms with Gasteiger partial charge in [0.15, 0.2) is 0 Å². The van der Waals surface area contributed by atoms with E-state index in [9.17, 15) is 9.59 Å². The first-order valence-corrected chi connectivity index (χ1v) is 9.86. The van der Waals surface area contributed by atoms with Crippen LogP contribution in [0.2, 0.25) is 0 Å². The lowest BCUT2D eigenvalue weighted by Crippen LogP contribution is -2.38. The van der Waals surface area contributed by atoms with Crippen LogP contribution in [0.4, 0.5) is 5.69 Å². The molecule has 8 nitrogen and oxygen atoms in total. The van der Waals surface area contributed by atoms with Crippen LogP contribution in [-0.4, -0.2) is 49.0 Å². The van der Waals surface area contributed by atoms with Crippen molar-refractivity contribution in [2.45, 2.75) is 13.0 Å². The second-order valence-electron chi connectivity index (χ2n) is 7.06. The van der Waals surface area contributed by atoms with Crippen molar-refractivity contribution in [3.8, 4) is 0 Å². The van der Waals surface area contributed by atoms with Crippen molar-refractivity contribution in [3.05, 3.63) is 71.7 Å². The van der Waals surface area contributed by atoms with Gasteiger partial charge in [0, 0.05) is 12.2 Å². The van der Waals surface area contributed by atoms with Crippen LogP contribution in [0.1, 0.15) is 5.56 Å². The molecule has 160 valence electrons. The third-order valence-corrected chi connectivity index (χ3v) is 5.23. The number of ether oxygens (including phenoxy) is 3. The van der Waals surface area contributed by atoms with Gasteiger partial charge in [0.05, 0.1) is 43.8 Å². The van der Waals surface area contributed by atoms with E-state index in [-0.39, 0.29) is 24.6 Å². The van der Waals surface area contributed by atoms with Crippen LogP contribution in [0.25, 0.3) is 11.0 Å². The van der Waals surface area contributed by atoms with E-state index < -0.39 is 11.9 Å². The van der Waals surface area contributed by atoms with Gasteiger partial charge in [-0.2, -0.15) is 0 Å². The molecule has 0 N–H and O–H groups in total. The molecule has 0 unspecified atom stereocenters. The number of nitrogens with zero attached hydrogens (tertiary/aromatic N) is 3. The number of anilines is 1. The molecule has 0 spiro atoms. The molecule has 0 amide bonds. The molecule has 31 heavy (non-hydrogen) atoms. The summed E-state index contributed by atoms with van der Waals surface area (Å²) in [6.07, 6.45) is 2.70. The first-order valence-electron chi connectivity index (χ1n) is 9.86. The molecule has 1 aliphatic rings. The van der Waals surface area contributed by atoms with Crippen molar-refractivity contribution in [3.63, 3.8) is 0 Å². The molecule has 0 saturated carbocycles. The number of esters is 2. The fourth-order valence-corrected chi connectivity index (χ4v) is 3.64. The molecule has 1 aliphatic heterocycles. The summed E-state index contributed by atoms with van der Waals surface area (Å²) in [7, 11) is 2.53. The second kappa shape index (κ2) is 9.01. The molecule has 0 aliphatic carbocycles. The Bertz CT molecular complexity index is 1140. The SMILES string of the molecule is COC(=O)C1=C(C(=O)OC)N(c2ccc3c(c2)ncn3CCc2ccccc2)COC1. The van der Waals surface area contributed by atoms with Gasteiger partial charge < -0.3 is 23.7 Å². The summed E-state index contributed by atoms with van der Waals surface area (Å²) in [5.74, 6) is -1.26. The van der Waals surface area contributed by atoms with E-state index >= 15 is 0 Å². The van der Waals surface area contributed by atoms with Gasteiger partial charge in [-0.3, -0.25) is 0 Å². The molecule has 4 rings (SSSR count).